The Morgan fingerprint density at radius 2 is 2.08 bits per heavy atom. The molecule has 3 N–H and O–H groups in total. The zero-order valence-electron chi connectivity index (χ0n) is 13.7. The van der Waals surface area contributed by atoms with Gasteiger partial charge in [0.15, 0.2) is 11.5 Å². The Hall–Kier alpha value is -2.42. The van der Waals surface area contributed by atoms with Crippen molar-refractivity contribution >= 4 is 28.1 Å². The van der Waals surface area contributed by atoms with Gasteiger partial charge in [-0.05, 0) is 12.1 Å². The van der Waals surface area contributed by atoms with Crippen molar-refractivity contribution in [3.8, 4) is 11.5 Å². The number of nitrogens with one attached hydrogen (secondary N) is 2. The van der Waals surface area contributed by atoms with Crippen molar-refractivity contribution in [2.45, 2.75) is 26.2 Å². The van der Waals surface area contributed by atoms with Gasteiger partial charge in [0, 0.05) is 15.5 Å². The van der Waals surface area contributed by atoms with Crippen LogP contribution in [0, 0.1) is 0 Å². The van der Waals surface area contributed by atoms with Crippen LogP contribution in [0.1, 0.15) is 32.0 Å². The van der Waals surface area contributed by atoms with E-state index in [2.05, 4.69) is 41.6 Å². The predicted octanol–water partition coefficient (Wildman–Crippen LogP) is 2.39. The van der Waals surface area contributed by atoms with Crippen LogP contribution in [0.4, 0.5) is 5.95 Å². The first-order valence-electron chi connectivity index (χ1n) is 7.05. The van der Waals surface area contributed by atoms with Gasteiger partial charge >= 0.3 is 0 Å². The molecule has 0 amide bonds. The van der Waals surface area contributed by atoms with Crippen LogP contribution < -0.4 is 15.7 Å². The minimum Gasteiger partial charge on any atom is -0.504 e. The second-order valence-corrected chi connectivity index (χ2v) is 6.93. The monoisotopic (exact) mass is 395 g/mol. The molecule has 9 heteroatoms. The summed E-state index contributed by atoms with van der Waals surface area (Å²) in [6.45, 7) is 5.63. The number of H-pyrrole nitrogens is 1. The Bertz CT molecular complexity index is 827. The minimum atomic E-state index is -0.402. The van der Waals surface area contributed by atoms with Gasteiger partial charge in [0.2, 0.25) is 5.95 Å². The van der Waals surface area contributed by atoms with Crippen molar-refractivity contribution < 1.29 is 9.84 Å². The van der Waals surface area contributed by atoms with E-state index in [1.54, 1.807) is 12.1 Å². The molecule has 2 rings (SSSR count). The van der Waals surface area contributed by atoms with Gasteiger partial charge in [0.05, 0.1) is 13.3 Å². The zero-order valence-corrected chi connectivity index (χ0v) is 15.3. The van der Waals surface area contributed by atoms with E-state index >= 15 is 0 Å². The largest absolute Gasteiger partial charge is 0.504 e. The van der Waals surface area contributed by atoms with E-state index in [1.807, 2.05) is 20.8 Å². The summed E-state index contributed by atoms with van der Waals surface area (Å²) < 4.78 is 5.78. The Labute approximate surface area is 147 Å². The van der Waals surface area contributed by atoms with E-state index < -0.39 is 5.41 Å². The number of phenolic OH excluding ortho intramolecular Hbond substituents is 1. The first-order valence-corrected chi connectivity index (χ1v) is 7.84. The predicted molar refractivity (Wildman–Crippen MR) is 94.9 cm³/mol. The van der Waals surface area contributed by atoms with Gasteiger partial charge in [-0.15, -0.1) is 10.2 Å². The molecule has 24 heavy (non-hydrogen) atoms. The highest BCUT2D eigenvalue weighted by Crippen LogP contribution is 2.32. The van der Waals surface area contributed by atoms with E-state index in [-0.39, 0.29) is 17.3 Å². The zero-order chi connectivity index (χ0) is 17.9. The van der Waals surface area contributed by atoms with Crippen molar-refractivity contribution in [3.63, 3.8) is 0 Å². The number of nitrogens with zero attached hydrogens (tertiary/aromatic N) is 3. The molecular weight excluding hydrogens is 378 g/mol. The van der Waals surface area contributed by atoms with Gasteiger partial charge in [0.25, 0.3) is 5.56 Å². The summed E-state index contributed by atoms with van der Waals surface area (Å²) in [5, 5.41) is 21.8. The molecule has 1 aromatic heterocycles. The fourth-order valence-corrected chi connectivity index (χ4v) is 2.34. The number of hydrogen-bond acceptors (Lipinski definition) is 7. The van der Waals surface area contributed by atoms with Gasteiger partial charge < -0.3 is 9.84 Å². The van der Waals surface area contributed by atoms with E-state index in [1.165, 1.54) is 13.3 Å². The lowest BCUT2D eigenvalue weighted by Gasteiger charge is -2.15. The first-order chi connectivity index (χ1) is 11.2. The van der Waals surface area contributed by atoms with Crippen LogP contribution in [0.25, 0.3) is 0 Å². The number of ether oxygens (including phenoxy) is 1. The number of phenols is 1. The number of anilines is 1. The SMILES string of the molecule is COc1cc(Br)cc(/C=N/Nc2nnc(C(C)(C)C)c(=O)[nH]2)c1O. The van der Waals surface area contributed by atoms with Gasteiger partial charge in [0.1, 0.15) is 5.69 Å². The Balaban J connectivity index is 2.20. The van der Waals surface area contributed by atoms with Crippen molar-refractivity contribution in [2.24, 2.45) is 5.10 Å². The van der Waals surface area contributed by atoms with Crippen molar-refractivity contribution in [1.82, 2.24) is 15.2 Å². The van der Waals surface area contributed by atoms with Gasteiger partial charge in [-0.25, -0.2) is 5.43 Å². The highest BCUT2D eigenvalue weighted by molar-refractivity contribution is 9.10. The molecule has 0 aliphatic carbocycles. The first kappa shape index (κ1) is 17.9. The quantitative estimate of drug-likeness (QED) is 0.541. The molecule has 2 aromatic rings. The summed E-state index contributed by atoms with van der Waals surface area (Å²) >= 11 is 3.32. The number of benzene rings is 1. The fraction of sp³-hybridized carbons (Fsp3) is 0.333. The van der Waals surface area contributed by atoms with Crippen LogP contribution in [-0.4, -0.2) is 33.6 Å². The number of rotatable bonds is 4. The lowest BCUT2D eigenvalue weighted by molar-refractivity contribution is 0.373. The summed E-state index contributed by atoms with van der Waals surface area (Å²) in [6.07, 6.45) is 1.38. The molecule has 0 fully saturated rings. The van der Waals surface area contributed by atoms with E-state index in [4.69, 9.17) is 4.74 Å². The molecule has 0 aliphatic rings. The molecule has 0 saturated heterocycles. The maximum Gasteiger partial charge on any atom is 0.274 e. The molecule has 0 spiro atoms. The highest BCUT2D eigenvalue weighted by Gasteiger charge is 2.20. The number of hydrogen-bond donors (Lipinski definition) is 3. The molecule has 0 aliphatic heterocycles. The molecule has 0 bridgehead atoms. The maximum absolute atomic E-state index is 12.0. The van der Waals surface area contributed by atoms with Crippen molar-refractivity contribution in [2.75, 3.05) is 12.5 Å². The van der Waals surface area contributed by atoms with Crippen LogP contribution >= 0.6 is 15.9 Å². The number of hydrazone groups is 1. The molecule has 0 saturated carbocycles. The van der Waals surface area contributed by atoms with Gasteiger partial charge in [-0.1, -0.05) is 36.7 Å². The van der Waals surface area contributed by atoms with E-state index in [0.29, 0.717) is 17.0 Å². The average molecular weight is 396 g/mol. The number of methoxy groups -OCH3 is 1. The summed E-state index contributed by atoms with van der Waals surface area (Å²) in [5.74, 6) is 0.369. The lowest BCUT2D eigenvalue weighted by Crippen LogP contribution is -2.28. The fourth-order valence-electron chi connectivity index (χ4n) is 1.89. The molecule has 0 atom stereocenters. The summed E-state index contributed by atoms with van der Waals surface area (Å²) in [4.78, 5) is 14.6. The molecule has 0 radical (unpaired) electrons. The second kappa shape index (κ2) is 7.00. The average Bonchev–Trinajstić information content (AvgIpc) is 2.49. The van der Waals surface area contributed by atoms with Crippen LogP contribution in [0.15, 0.2) is 26.5 Å². The Morgan fingerprint density at radius 1 is 1.38 bits per heavy atom. The standard InChI is InChI=1S/C15H18BrN5O3/c1-15(2,3)12-13(23)18-14(21-19-12)20-17-7-8-5-9(16)6-10(24-4)11(8)22/h5-7,22H,1-4H3,(H2,18,20,21,23)/b17-7+. The maximum atomic E-state index is 12.0. The second-order valence-electron chi connectivity index (χ2n) is 6.02. The minimum absolute atomic E-state index is 0.0473. The summed E-state index contributed by atoms with van der Waals surface area (Å²) in [6, 6.07) is 3.30. The topological polar surface area (TPSA) is 112 Å². The van der Waals surface area contributed by atoms with Crippen LogP contribution in [0.3, 0.4) is 0 Å². The third-order valence-electron chi connectivity index (χ3n) is 3.07. The van der Waals surface area contributed by atoms with E-state index in [0.717, 1.165) is 4.47 Å². The number of aromatic hydroxyl groups is 1. The molecule has 1 heterocycles. The third kappa shape index (κ3) is 4.10. The van der Waals surface area contributed by atoms with E-state index in [9.17, 15) is 9.90 Å². The molecule has 128 valence electrons. The third-order valence-corrected chi connectivity index (χ3v) is 3.53. The van der Waals surface area contributed by atoms with Crippen LogP contribution in [-0.2, 0) is 5.41 Å². The number of aromatic amines is 1. The molecule has 8 nitrogen and oxygen atoms in total. The van der Waals surface area contributed by atoms with Crippen LogP contribution in [0.2, 0.25) is 0 Å². The Kier molecular flexibility index (Phi) is 5.23. The normalized spacial score (nSPS) is 11.7. The van der Waals surface area contributed by atoms with Gasteiger partial charge in [-0.2, -0.15) is 5.10 Å². The molecule has 1 aromatic carbocycles. The summed E-state index contributed by atoms with van der Waals surface area (Å²) in [7, 11) is 1.46. The van der Waals surface area contributed by atoms with Crippen molar-refractivity contribution in [3.05, 3.63) is 38.2 Å². The van der Waals surface area contributed by atoms with Crippen LogP contribution in [0.5, 0.6) is 11.5 Å². The lowest BCUT2D eigenvalue weighted by atomic mass is 9.93. The number of halogens is 1. The highest BCUT2D eigenvalue weighted by atomic mass is 79.9. The number of aromatic nitrogens is 3. The molecular formula is C15H18BrN5O3. The Morgan fingerprint density at radius 3 is 2.67 bits per heavy atom. The summed E-state index contributed by atoms with van der Waals surface area (Å²) in [5.41, 5.74) is 2.60. The van der Waals surface area contributed by atoms with Gasteiger partial charge in [-0.3, -0.25) is 9.78 Å². The molecule has 0 unspecified atom stereocenters. The van der Waals surface area contributed by atoms with Crippen molar-refractivity contribution in [1.29, 1.82) is 0 Å². The smallest absolute Gasteiger partial charge is 0.274 e.